The number of carbonyl (C=O) groups is 2. The number of urea groups is 1. The Morgan fingerprint density at radius 2 is 2.00 bits per heavy atom. The first kappa shape index (κ1) is 9.49. The molecule has 2 rings (SSSR count). The molecule has 1 spiro atoms. The number of nitrogens with one attached hydrogen (secondary N) is 1. The van der Waals surface area contributed by atoms with E-state index in [2.05, 4.69) is 5.32 Å². The molecular formula is C10H16N2O2. The zero-order valence-corrected chi connectivity index (χ0v) is 8.51. The maximum Gasteiger partial charge on any atom is 0.325 e. The molecule has 4 heteroatoms. The molecule has 0 radical (unpaired) electrons. The minimum atomic E-state index is -0.479. The summed E-state index contributed by atoms with van der Waals surface area (Å²) >= 11 is 0. The Bertz CT molecular complexity index is 269. The number of carbonyl (C=O) groups excluding carboxylic acids is 2. The second kappa shape index (κ2) is 3.26. The summed E-state index contributed by atoms with van der Waals surface area (Å²) in [6, 6.07) is -0.196. The summed E-state index contributed by atoms with van der Waals surface area (Å²) in [5, 5.41) is 2.43. The van der Waals surface area contributed by atoms with Gasteiger partial charge in [-0.2, -0.15) is 0 Å². The van der Waals surface area contributed by atoms with Gasteiger partial charge in [0.1, 0.15) is 5.54 Å². The molecule has 4 nitrogen and oxygen atoms in total. The highest BCUT2D eigenvalue weighted by Gasteiger charge is 2.53. The first-order valence-electron chi connectivity index (χ1n) is 5.34. The second-order valence-corrected chi connectivity index (χ2v) is 4.15. The number of hydrogen-bond acceptors (Lipinski definition) is 2. The molecule has 0 aromatic carbocycles. The molecule has 1 saturated heterocycles. The zero-order valence-electron chi connectivity index (χ0n) is 8.51. The summed E-state index contributed by atoms with van der Waals surface area (Å²) in [6.45, 7) is 2.72. The number of hydrogen-bond donors (Lipinski definition) is 1. The molecule has 0 aromatic heterocycles. The van der Waals surface area contributed by atoms with Crippen molar-refractivity contribution >= 4 is 11.9 Å². The average Bonchev–Trinajstić information content (AvgIpc) is 2.70. The summed E-state index contributed by atoms with van der Waals surface area (Å²) < 4.78 is 0. The summed E-state index contributed by atoms with van der Waals surface area (Å²) in [6.07, 6.45) is 4.69. The van der Waals surface area contributed by atoms with E-state index >= 15 is 0 Å². The lowest BCUT2D eigenvalue weighted by Gasteiger charge is -2.30. The molecule has 0 atom stereocenters. The molecule has 1 aliphatic heterocycles. The van der Waals surface area contributed by atoms with Crippen molar-refractivity contribution in [2.24, 2.45) is 0 Å². The van der Waals surface area contributed by atoms with Crippen LogP contribution >= 0.6 is 0 Å². The van der Waals surface area contributed by atoms with Crippen LogP contribution in [0.4, 0.5) is 4.79 Å². The summed E-state index contributed by atoms with van der Waals surface area (Å²) in [4.78, 5) is 25.0. The lowest BCUT2D eigenvalue weighted by atomic mass is 9.96. The Kier molecular flexibility index (Phi) is 2.21. The van der Waals surface area contributed by atoms with Gasteiger partial charge in [0.25, 0.3) is 5.91 Å². The van der Waals surface area contributed by atoms with E-state index in [0.29, 0.717) is 6.54 Å². The van der Waals surface area contributed by atoms with Gasteiger partial charge in [0.15, 0.2) is 0 Å². The summed E-state index contributed by atoms with van der Waals surface area (Å²) in [7, 11) is 0. The number of amides is 3. The topological polar surface area (TPSA) is 49.4 Å². The van der Waals surface area contributed by atoms with Crippen molar-refractivity contribution in [2.45, 2.75) is 44.6 Å². The molecule has 2 fully saturated rings. The highest BCUT2D eigenvalue weighted by molar-refractivity contribution is 6.07. The second-order valence-electron chi connectivity index (χ2n) is 4.15. The van der Waals surface area contributed by atoms with E-state index in [0.717, 1.165) is 32.1 Å². The normalized spacial score (nSPS) is 24.8. The van der Waals surface area contributed by atoms with E-state index in [9.17, 15) is 9.59 Å². The average molecular weight is 196 g/mol. The third kappa shape index (κ3) is 1.13. The van der Waals surface area contributed by atoms with Crippen molar-refractivity contribution in [1.82, 2.24) is 10.2 Å². The molecule has 1 heterocycles. The van der Waals surface area contributed by atoms with Crippen LogP contribution in [0, 0.1) is 0 Å². The molecule has 2 aliphatic rings. The molecule has 14 heavy (non-hydrogen) atoms. The smallest absolute Gasteiger partial charge is 0.310 e. The Morgan fingerprint density at radius 3 is 2.57 bits per heavy atom. The van der Waals surface area contributed by atoms with Crippen molar-refractivity contribution in [3.63, 3.8) is 0 Å². The minimum absolute atomic E-state index is 0.0755. The van der Waals surface area contributed by atoms with Gasteiger partial charge in [-0.25, -0.2) is 4.79 Å². The van der Waals surface area contributed by atoms with Crippen LogP contribution in [-0.2, 0) is 4.79 Å². The van der Waals surface area contributed by atoms with Crippen LogP contribution in [0.5, 0.6) is 0 Å². The van der Waals surface area contributed by atoms with Gasteiger partial charge in [-0.3, -0.25) is 10.1 Å². The van der Waals surface area contributed by atoms with Crippen molar-refractivity contribution in [1.29, 1.82) is 0 Å². The van der Waals surface area contributed by atoms with Gasteiger partial charge in [0, 0.05) is 6.54 Å². The van der Waals surface area contributed by atoms with Crippen molar-refractivity contribution in [2.75, 3.05) is 6.54 Å². The molecular weight excluding hydrogens is 180 g/mol. The standard InChI is InChI=1S/C10H16N2O2/c1-2-7-12-9(14)11-8(13)10(12)5-3-4-6-10/h2-7H2,1H3,(H,11,13,14). The SMILES string of the molecule is CCCN1C(=O)NC(=O)C12CCCC2. The highest BCUT2D eigenvalue weighted by atomic mass is 16.2. The molecule has 3 amide bonds. The van der Waals surface area contributed by atoms with E-state index in [4.69, 9.17) is 0 Å². The third-order valence-corrected chi connectivity index (χ3v) is 3.28. The van der Waals surface area contributed by atoms with E-state index in [-0.39, 0.29) is 11.9 Å². The molecule has 0 unspecified atom stereocenters. The molecule has 78 valence electrons. The van der Waals surface area contributed by atoms with E-state index in [1.54, 1.807) is 4.90 Å². The number of nitrogens with zero attached hydrogens (tertiary/aromatic N) is 1. The minimum Gasteiger partial charge on any atom is -0.310 e. The number of rotatable bonds is 2. The number of imide groups is 1. The predicted molar refractivity (Wildman–Crippen MR) is 51.7 cm³/mol. The molecule has 1 saturated carbocycles. The van der Waals surface area contributed by atoms with Crippen LogP contribution in [0.2, 0.25) is 0 Å². The van der Waals surface area contributed by atoms with Crippen LogP contribution < -0.4 is 5.32 Å². The third-order valence-electron chi connectivity index (χ3n) is 3.28. The Balaban J connectivity index is 2.26. The van der Waals surface area contributed by atoms with Crippen molar-refractivity contribution in [3.05, 3.63) is 0 Å². The van der Waals surface area contributed by atoms with Gasteiger partial charge in [0.2, 0.25) is 0 Å². The molecule has 1 N–H and O–H groups in total. The van der Waals surface area contributed by atoms with Gasteiger partial charge in [-0.15, -0.1) is 0 Å². The largest absolute Gasteiger partial charge is 0.325 e. The van der Waals surface area contributed by atoms with Gasteiger partial charge >= 0.3 is 6.03 Å². The van der Waals surface area contributed by atoms with E-state index in [1.807, 2.05) is 6.92 Å². The van der Waals surface area contributed by atoms with Gasteiger partial charge in [-0.1, -0.05) is 19.8 Å². The van der Waals surface area contributed by atoms with Crippen LogP contribution in [0.25, 0.3) is 0 Å². The van der Waals surface area contributed by atoms with Crippen LogP contribution in [0.1, 0.15) is 39.0 Å². The van der Waals surface area contributed by atoms with E-state index in [1.165, 1.54) is 0 Å². The van der Waals surface area contributed by atoms with Crippen molar-refractivity contribution < 1.29 is 9.59 Å². The maximum atomic E-state index is 11.7. The first-order valence-corrected chi connectivity index (χ1v) is 5.34. The van der Waals surface area contributed by atoms with E-state index < -0.39 is 5.54 Å². The Morgan fingerprint density at radius 1 is 1.36 bits per heavy atom. The van der Waals surface area contributed by atoms with Crippen LogP contribution in [0.15, 0.2) is 0 Å². The molecule has 0 aromatic rings. The maximum absolute atomic E-state index is 11.7. The Labute approximate surface area is 83.6 Å². The van der Waals surface area contributed by atoms with Crippen LogP contribution in [0.3, 0.4) is 0 Å². The van der Waals surface area contributed by atoms with Crippen LogP contribution in [-0.4, -0.2) is 28.9 Å². The molecule has 0 bridgehead atoms. The quantitative estimate of drug-likeness (QED) is 0.676. The highest BCUT2D eigenvalue weighted by Crippen LogP contribution is 2.38. The lowest BCUT2D eigenvalue weighted by molar-refractivity contribution is -0.126. The van der Waals surface area contributed by atoms with Gasteiger partial charge in [0.05, 0.1) is 0 Å². The predicted octanol–water partition coefficient (Wildman–Crippen LogP) is 1.26. The zero-order chi connectivity index (χ0) is 10.2. The Hall–Kier alpha value is -1.06. The lowest BCUT2D eigenvalue weighted by Crippen LogP contribution is -2.47. The fourth-order valence-electron chi connectivity index (χ4n) is 2.59. The monoisotopic (exact) mass is 196 g/mol. The summed E-state index contributed by atoms with van der Waals surface area (Å²) in [5.74, 6) is -0.0755. The van der Waals surface area contributed by atoms with Gasteiger partial charge in [-0.05, 0) is 19.3 Å². The summed E-state index contributed by atoms with van der Waals surface area (Å²) in [5.41, 5.74) is -0.479. The fourth-order valence-corrected chi connectivity index (χ4v) is 2.59. The molecule has 1 aliphatic carbocycles. The van der Waals surface area contributed by atoms with Crippen molar-refractivity contribution in [3.8, 4) is 0 Å². The van der Waals surface area contributed by atoms with Gasteiger partial charge < -0.3 is 4.90 Å². The fraction of sp³-hybridized carbons (Fsp3) is 0.800. The first-order chi connectivity index (χ1) is 6.70.